The number of carbonyl (C=O) groups is 2. The number of rotatable bonds is 7. The van der Waals surface area contributed by atoms with E-state index in [-0.39, 0.29) is 29.8 Å². The molecule has 1 saturated carbocycles. The Morgan fingerprint density at radius 3 is 2.24 bits per heavy atom. The zero-order valence-corrected chi connectivity index (χ0v) is 25.3. The molecule has 2 atom stereocenters. The highest BCUT2D eigenvalue weighted by molar-refractivity contribution is 7.90. The molecule has 3 amide bonds. The Labute approximate surface area is 249 Å². The van der Waals surface area contributed by atoms with Crippen LogP contribution in [0.2, 0.25) is 0 Å². The monoisotopic (exact) mass is 600 g/mol. The largest absolute Gasteiger partial charge is 0.338 e. The number of nitrogens with zero attached hydrogens (tertiary/aromatic N) is 3. The van der Waals surface area contributed by atoms with Gasteiger partial charge in [0.25, 0.3) is 0 Å². The van der Waals surface area contributed by atoms with Crippen molar-refractivity contribution < 1.29 is 18.0 Å². The number of hydrogen-bond donors (Lipinski definition) is 1. The molecule has 1 unspecified atom stereocenters. The molecule has 3 heterocycles. The Morgan fingerprint density at radius 1 is 0.951 bits per heavy atom. The first kappa shape index (κ1) is 29.9. The Hall–Kier alpha value is -2.62. The zero-order chi connectivity index (χ0) is 27.9. The molecule has 3 saturated heterocycles. The molecule has 0 radical (unpaired) electrons. The van der Waals surface area contributed by atoms with Gasteiger partial charge >= 0.3 is 6.03 Å². The summed E-state index contributed by atoms with van der Waals surface area (Å²) in [5.41, 5.74) is 1.97. The molecular weight excluding hydrogens is 560 g/mol. The lowest BCUT2D eigenvalue weighted by atomic mass is 9.76. The number of urea groups is 1. The van der Waals surface area contributed by atoms with E-state index < -0.39 is 9.84 Å². The molecule has 3 aliphatic heterocycles. The van der Waals surface area contributed by atoms with Crippen molar-refractivity contribution in [1.29, 1.82) is 0 Å². The van der Waals surface area contributed by atoms with E-state index in [1.807, 2.05) is 28.0 Å². The van der Waals surface area contributed by atoms with Gasteiger partial charge in [0.15, 0.2) is 9.84 Å². The van der Waals surface area contributed by atoms with Crippen molar-refractivity contribution in [3.05, 3.63) is 65.7 Å². The van der Waals surface area contributed by atoms with Gasteiger partial charge in [0.05, 0.1) is 10.3 Å². The van der Waals surface area contributed by atoms with Gasteiger partial charge in [0.1, 0.15) is 0 Å². The van der Waals surface area contributed by atoms with Gasteiger partial charge in [0, 0.05) is 50.9 Å². The normalized spacial score (nSPS) is 24.5. The van der Waals surface area contributed by atoms with Gasteiger partial charge in [-0.15, -0.1) is 12.4 Å². The van der Waals surface area contributed by atoms with Crippen molar-refractivity contribution in [2.24, 2.45) is 11.3 Å². The molecule has 0 aromatic heterocycles. The van der Waals surface area contributed by atoms with Crippen molar-refractivity contribution >= 4 is 34.2 Å². The number of carbonyl (C=O) groups excluding carboxylic acids is 2. The molecule has 41 heavy (non-hydrogen) atoms. The number of likely N-dealkylation sites (tertiary alicyclic amines) is 3. The molecule has 2 aromatic carbocycles. The van der Waals surface area contributed by atoms with Crippen LogP contribution in [0.15, 0.2) is 59.5 Å². The van der Waals surface area contributed by atoms with Crippen LogP contribution >= 0.6 is 12.4 Å². The minimum atomic E-state index is -3.23. The molecule has 4 aliphatic rings. The van der Waals surface area contributed by atoms with E-state index in [0.717, 1.165) is 76.9 Å². The van der Waals surface area contributed by atoms with Crippen LogP contribution in [0.3, 0.4) is 0 Å². The minimum Gasteiger partial charge on any atom is -0.338 e. The van der Waals surface area contributed by atoms with Gasteiger partial charge < -0.3 is 20.0 Å². The number of hydrogen-bond acceptors (Lipinski definition) is 5. The van der Waals surface area contributed by atoms with Gasteiger partial charge in [-0.2, -0.15) is 0 Å². The zero-order valence-electron chi connectivity index (χ0n) is 23.7. The summed E-state index contributed by atoms with van der Waals surface area (Å²) < 4.78 is 23.5. The average Bonchev–Trinajstić information content (AvgIpc) is 3.59. The Kier molecular flexibility index (Phi) is 8.69. The second kappa shape index (κ2) is 11.9. The number of nitrogens with one attached hydrogen (secondary N) is 1. The van der Waals surface area contributed by atoms with Crippen LogP contribution in [-0.2, 0) is 21.2 Å². The molecular formula is C31H41ClN4O4S. The Balaban J connectivity index is 0.00000337. The maximum Gasteiger partial charge on any atom is 0.317 e. The second-order valence-electron chi connectivity index (χ2n) is 12.4. The van der Waals surface area contributed by atoms with Crippen molar-refractivity contribution in [3.63, 3.8) is 0 Å². The molecule has 6 rings (SSSR count). The van der Waals surface area contributed by atoms with Gasteiger partial charge in [-0.1, -0.05) is 42.5 Å². The van der Waals surface area contributed by atoms with Crippen LogP contribution in [0.4, 0.5) is 4.79 Å². The highest BCUT2D eigenvalue weighted by Gasteiger charge is 2.48. The third-order valence-corrected chi connectivity index (χ3v) is 10.6. The smallest absolute Gasteiger partial charge is 0.317 e. The molecule has 0 bridgehead atoms. The first-order valence-electron chi connectivity index (χ1n) is 14.6. The number of benzene rings is 2. The fourth-order valence-corrected chi connectivity index (χ4v) is 7.49. The standard InChI is InChI=1S/C31H40N4O4S.ClH/c1-40(38,39)27-11-7-23(8-12-27)19-34-18-15-31(29(34)36)13-16-33(17-14-31)20-25-21-35(30(37)32-26-9-10-26)22-28(25)24-5-3-2-4-6-24;/h2-8,11-12,25-26,28H,9-10,13-22H2,1H3,(H,32,37);1H/t25-,28?;/m0./s1. The van der Waals surface area contributed by atoms with E-state index in [2.05, 4.69) is 34.5 Å². The van der Waals surface area contributed by atoms with E-state index in [4.69, 9.17) is 0 Å². The van der Waals surface area contributed by atoms with Crippen LogP contribution in [0.1, 0.15) is 49.1 Å². The predicted molar refractivity (Wildman–Crippen MR) is 161 cm³/mol. The summed E-state index contributed by atoms with van der Waals surface area (Å²) in [6.45, 7) is 5.52. The molecule has 222 valence electrons. The van der Waals surface area contributed by atoms with Crippen molar-refractivity contribution in [1.82, 2.24) is 20.0 Å². The van der Waals surface area contributed by atoms with Crippen molar-refractivity contribution in [2.75, 3.05) is 45.5 Å². The highest BCUT2D eigenvalue weighted by Crippen LogP contribution is 2.43. The summed E-state index contributed by atoms with van der Waals surface area (Å²) in [5, 5.41) is 3.16. The molecule has 10 heteroatoms. The molecule has 1 N–H and O–H groups in total. The molecule has 1 aliphatic carbocycles. The quantitative estimate of drug-likeness (QED) is 0.520. The summed E-state index contributed by atoms with van der Waals surface area (Å²) in [5.74, 6) is 0.928. The third-order valence-electron chi connectivity index (χ3n) is 9.49. The highest BCUT2D eigenvalue weighted by atomic mass is 35.5. The minimum absolute atomic E-state index is 0. The van der Waals surface area contributed by atoms with Gasteiger partial charge in [-0.25, -0.2) is 13.2 Å². The fraction of sp³-hybridized carbons (Fsp3) is 0.548. The molecule has 4 fully saturated rings. The maximum absolute atomic E-state index is 13.6. The van der Waals surface area contributed by atoms with Crippen LogP contribution in [0, 0.1) is 11.3 Å². The first-order valence-corrected chi connectivity index (χ1v) is 16.5. The van der Waals surface area contributed by atoms with E-state index in [1.54, 1.807) is 12.1 Å². The van der Waals surface area contributed by atoms with Gasteiger partial charge in [-0.3, -0.25) is 4.79 Å². The maximum atomic E-state index is 13.6. The lowest BCUT2D eigenvalue weighted by Gasteiger charge is -2.39. The molecule has 1 spiro atoms. The van der Waals surface area contributed by atoms with Gasteiger partial charge in [0.2, 0.25) is 5.91 Å². The van der Waals surface area contributed by atoms with E-state index >= 15 is 0 Å². The lowest BCUT2D eigenvalue weighted by molar-refractivity contribution is -0.139. The van der Waals surface area contributed by atoms with Crippen LogP contribution in [0.25, 0.3) is 0 Å². The second-order valence-corrected chi connectivity index (χ2v) is 14.4. The third kappa shape index (κ3) is 6.57. The topological polar surface area (TPSA) is 90.0 Å². The SMILES string of the molecule is CS(=O)(=O)c1ccc(CN2CCC3(CCN(C[C@H]4CN(C(=O)NC5CC5)CC4c4ccccc4)CC3)C2=O)cc1.Cl. The first-order chi connectivity index (χ1) is 19.2. The average molecular weight is 601 g/mol. The van der Waals surface area contributed by atoms with Crippen LogP contribution in [0.5, 0.6) is 0 Å². The summed E-state index contributed by atoms with van der Waals surface area (Å²) in [6.07, 6.45) is 6.00. The Morgan fingerprint density at radius 2 is 1.61 bits per heavy atom. The number of amides is 3. The summed E-state index contributed by atoms with van der Waals surface area (Å²) >= 11 is 0. The summed E-state index contributed by atoms with van der Waals surface area (Å²) in [6, 6.07) is 17.9. The van der Waals surface area contributed by atoms with E-state index in [0.29, 0.717) is 29.3 Å². The van der Waals surface area contributed by atoms with E-state index in [9.17, 15) is 18.0 Å². The summed E-state index contributed by atoms with van der Waals surface area (Å²) in [4.78, 5) is 33.2. The Bertz CT molecular complexity index is 1340. The number of sulfone groups is 1. The van der Waals surface area contributed by atoms with Crippen molar-refractivity contribution in [3.8, 4) is 0 Å². The van der Waals surface area contributed by atoms with E-state index in [1.165, 1.54) is 11.8 Å². The lowest BCUT2D eigenvalue weighted by Crippen LogP contribution is -2.46. The van der Waals surface area contributed by atoms with Crippen molar-refractivity contribution in [2.45, 2.75) is 55.5 Å². The molecule has 8 nitrogen and oxygen atoms in total. The van der Waals surface area contributed by atoms with Gasteiger partial charge in [-0.05, 0) is 74.4 Å². The van der Waals surface area contributed by atoms with Crippen LogP contribution < -0.4 is 5.32 Å². The number of piperidine rings is 1. The molecule has 2 aromatic rings. The fourth-order valence-electron chi connectivity index (χ4n) is 6.86. The van der Waals surface area contributed by atoms with Crippen LogP contribution in [-0.4, -0.2) is 86.6 Å². The summed E-state index contributed by atoms with van der Waals surface area (Å²) in [7, 11) is -3.23. The number of halogens is 1. The predicted octanol–water partition coefficient (Wildman–Crippen LogP) is 3.91.